The lowest BCUT2D eigenvalue weighted by Gasteiger charge is -2.42. The summed E-state index contributed by atoms with van der Waals surface area (Å²) in [5, 5.41) is 19.6. The second-order valence-corrected chi connectivity index (χ2v) is 7.21. The molecule has 4 aromatic rings. The SMILES string of the molecule is N#CCC1(n2cncn2)CCCCC1n1cc(-c2ncnc3[nH]ccc23)cn1. The van der Waals surface area contributed by atoms with Crippen molar-refractivity contribution < 1.29 is 0 Å². The molecule has 0 bridgehead atoms. The van der Waals surface area contributed by atoms with Crippen molar-refractivity contribution in [3.63, 3.8) is 0 Å². The van der Waals surface area contributed by atoms with Crippen LogP contribution in [0.25, 0.3) is 22.3 Å². The van der Waals surface area contributed by atoms with Crippen LogP contribution in [0.1, 0.15) is 38.1 Å². The minimum atomic E-state index is -0.443. The van der Waals surface area contributed by atoms with Crippen LogP contribution in [-0.4, -0.2) is 39.5 Å². The van der Waals surface area contributed by atoms with Crippen molar-refractivity contribution in [2.45, 2.75) is 43.7 Å². The molecule has 140 valence electrons. The minimum absolute atomic E-state index is 0.0277. The van der Waals surface area contributed by atoms with E-state index in [1.54, 1.807) is 12.7 Å². The largest absolute Gasteiger partial charge is 0.346 e. The number of nitriles is 1. The summed E-state index contributed by atoms with van der Waals surface area (Å²) in [4.78, 5) is 16.0. The van der Waals surface area contributed by atoms with Crippen LogP contribution in [0.5, 0.6) is 0 Å². The van der Waals surface area contributed by atoms with Gasteiger partial charge in [-0.15, -0.1) is 0 Å². The van der Waals surface area contributed by atoms with Crippen molar-refractivity contribution in [1.29, 1.82) is 5.26 Å². The normalized spacial score (nSPS) is 22.3. The molecule has 9 nitrogen and oxygen atoms in total. The number of H-pyrrole nitrogens is 1. The van der Waals surface area contributed by atoms with Gasteiger partial charge in [0.05, 0.1) is 36.0 Å². The summed E-state index contributed by atoms with van der Waals surface area (Å²) in [5.41, 5.74) is 2.14. The fraction of sp³-hybridized carbons (Fsp3) is 0.368. The Hall–Kier alpha value is -3.54. The first kappa shape index (κ1) is 16.6. The predicted molar refractivity (Wildman–Crippen MR) is 101 cm³/mol. The number of fused-ring (bicyclic) bond motifs is 1. The molecule has 1 saturated carbocycles. The first-order valence-corrected chi connectivity index (χ1v) is 9.36. The standard InChI is InChI=1S/C19H19N9/c20-7-6-19(28-13-21-11-26-28)5-2-1-3-16(19)27-10-14(9-25-27)17-15-4-8-22-18(15)24-12-23-17/h4,8-13,16H,1-3,5-6H2,(H,22,23,24). The fourth-order valence-electron chi connectivity index (χ4n) is 4.45. The zero-order chi connectivity index (χ0) is 19.0. The number of hydrogen-bond acceptors (Lipinski definition) is 6. The van der Waals surface area contributed by atoms with Gasteiger partial charge >= 0.3 is 0 Å². The average molecular weight is 373 g/mol. The highest BCUT2D eigenvalue weighted by Gasteiger charge is 2.45. The van der Waals surface area contributed by atoms with Gasteiger partial charge in [0.25, 0.3) is 0 Å². The zero-order valence-electron chi connectivity index (χ0n) is 15.2. The Kier molecular flexibility index (Phi) is 3.90. The molecule has 9 heteroatoms. The Morgan fingerprint density at radius 1 is 1.25 bits per heavy atom. The van der Waals surface area contributed by atoms with E-state index in [0.717, 1.165) is 48.0 Å². The summed E-state index contributed by atoms with van der Waals surface area (Å²) in [5.74, 6) is 0. The van der Waals surface area contributed by atoms with Crippen molar-refractivity contribution in [2.75, 3.05) is 0 Å². The van der Waals surface area contributed by atoms with Crippen LogP contribution in [-0.2, 0) is 5.54 Å². The third kappa shape index (κ3) is 2.49. The molecule has 1 N–H and O–H groups in total. The Bertz CT molecular complexity index is 1130. The van der Waals surface area contributed by atoms with Crippen molar-refractivity contribution in [2.24, 2.45) is 0 Å². The molecule has 5 rings (SSSR count). The highest BCUT2D eigenvalue weighted by molar-refractivity contribution is 5.89. The van der Waals surface area contributed by atoms with Crippen LogP contribution in [0.3, 0.4) is 0 Å². The Labute approximate surface area is 161 Å². The van der Waals surface area contributed by atoms with Gasteiger partial charge in [0.1, 0.15) is 24.6 Å². The van der Waals surface area contributed by atoms with Crippen molar-refractivity contribution in [1.82, 2.24) is 39.5 Å². The maximum Gasteiger partial charge on any atom is 0.141 e. The van der Waals surface area contributed by atoms with E-state index in [1.807, 2.05) is 34.0 Å². The van der Waals surface area contributed by atoms with Crippen LogP contribution in [0.4, 0.5) is 0 Å². The number of aromatic amines is 1. The van der Waals surface area contributed by atoms with E-state index >= 15 is 0 Å². The number of nitrogens with one attached hydrogen (secondary N) is 1. The van der Waals surface area contributed by atoms with E-state index < -0.39 is 5.54 Å². The summed E-state index contributed by atoms with van der Waals surface area (Å²) in [6.45, 7) is 0. The van der Waals surface area contributed by atoms with Gasteiger partial charge in [-0.25, -0.2) is 19.6 Å². The molecule has 4 aromatic heterocycles. The van der Waals surface area contributed by atoms with Gasteiger partial charge in [0.15, 0.2) is 0 Å². The second-order valence-electron chi connectivity index (χ2n) is 7.21. The molecule has 2 unspecified atom stereocenters. The highest BCUT2D eigenvalue weighted by atomic mass is 15.4. The predicted octanol–water partition coefficient (Wildman–Crippen LogP) is 2.84. The van der Waals surface area contributed by atoms with Gasteiger partial charge in [0.2, 0.25) is 0 Å². The van der Waals surface area contributed by atoms with E-state index in [1.165, 1.54) is 6.33 Å². The lowest BCUT2D eigenvalue weighted by molar-refractivity contribution is 0.0903. The number of aromatic nitrogens is 8. The Morgan fingerprint density at radius 3 is 3.07 bits per heavy atom. The first-order chi connectivity index (χ1) is 13.8. The molecule has 0 aromatic carbocycles. The summed E-state index contributed by atoms with van der Waals surface area (Å²) in [6, 6.07) is 4.37. The first-order valence-electron chi connectivity index (χ1n) is 9.36. The second kappa shape index (κ2) is 6.56. The average Bonchev–Trinajstić information content (AvgIpc) is 3.49. The van der Waals surface area contributed by atoms with Gasteiger partial charge < -0.3 is 4.98 Å². The molecule has 0 saturated heterocycles. The molecular weight excluding hydrogens is 354 g/mol. The van der Waals surface area contributed by atoms with Crippen LogP contribution < -0.4 is 0 Å². The quantitative estimate of drug-likeness (QED) is 0.588. The molecule has 4 heterocycles. The summed E-state index contributed by atoms with van der Waals surface area (Å²) >= 11 is 0. The molecule has 0 amide bonds. The van der Waals surface area contributed by atoms with Crippen molar-refractivity contribution >= 4 is 11.0 Å². The van der Waals surface area contributed by atoms with E-state index in [9.17, 15) is 5.26 Å². The molecule has 0 spiro atoms. The number of hydrogen-bond donors (Lipinski definition) is 1. The molecule has 0 aliphatic heterocycles. The molecular formula is C19H19N9. The third-order valence-corrected chi connectivity index (χ3v) is 5.77. The van der Waals surface area contributed by atoms with Crippen LogP contribution in [0.15, 0.2) is 43.6 Å². The van der Waals surface area contributed by atoms with Crippen LogP contribution >= 0.6 is 0 Å². The van der Waals surface area contributed by atoms with Crippen LogP contribution in [0.2, 0.25) is 0 Å². The highest BCUT2D eigenvalue weighted by Crippen LogP contribution is 2.45. The smallest absolute Gasteiger partial charge is 0.141 e. The molecule has 0 radical (unpaired) electrons. The molecule has 1 aliphatic rings. The van der Waals surface area contributed by atoms with Gasteiger partial charge in [-0.05, 0) is 18.9 Å². The maximum absolute atomic E-state index is 9.56. The fourth-order valence-corrected chi connectivity index (χ4v) is 4.45. The van der Waals surface area contributed by atoms with Gasteiger partial charge in [-0.2, -0.15) is 15.5 Å². The third-order valence-electron chi connectivity index (χ3n) is 5.77. The van der Waals surface area contributed by atoms with Crippen molar-refractivity contribution in [3.05, 3.63) is 43.6 Å². The topological polar surface area (TPSA) is 114 Å². The van der Waals surface area contributed by atoms with Crippen molar-refractivity contribution in [3.8, 4) is 17.3 Å². The number of nitrogens with zero attached hydrogens (tertiary/aromatic N) is 8. The molecule has 2 atom stereocenters. The van der Waals surface area contributed by atoms with E-state index in [-0.39, 0.29) is 6.04 Å². The summed E-state index contributed by atoms with van der Waals surface area (Å²) < 4.78 is 3.84. The lowest BCUT2D eigenvalue weighted by atomic mass is 9.75. The summed E-state index contributed by atoms with van der Waals surface area (Å²) in [7, 11) is 0. The maximum atomic E-state index is 9.56. The Morgan fingerprint density at radius 2 is 2.21 bits per heavy atom. The monoisotopic (exact) mass is 373 g/mol. The number of rotatable bonds is 4. The molecule has 1 aliphatic carbocycles. The van der Waals surface area contributed by atoms with E-state index in [4.69, 9.17) is 0 Å². The zero-order valence-corrected chi connectivity index (χ0v) is 15.2. The Balaban J connectivity index is 1.58. The van der Waals surface area contributed by atoms with E-state index in [0.29, 0.717) is 6.42 Å². The molecule has 1 fully saturated rings. The van der Waals surface area contributed by atoms with E-state index in [2.05, 4.69) is 36.2 Å². The van der Waals surface area contributed by atoms with Gasteiger partial charge in [0, 0.05) is 23.3 Å². The van der Waals surface area contributed by atoms with Gasteiger partial charge in [-0.3, -0.25) is 4.68 Å². The minimum Gasteiger partial charge on any atom is -0.346 e. The van der Waals surface area contributed by atoms with Gasteiger partial charge in [-0.1, -0.05) is 12.8 Å². The lowest BCUT2D eigenvalue weighted by Crippen LogP contribution is -2.45. The van der Waals surface area contributed by atoms with Crippen LogP contribution in [0, 0.1) is 11.3 Å². The summed E-state index contributed by atoms with van der Waals surface area (Å²) in [6.07, 6.45) is 14.8. The molecule has 28 heavy (non-hydrogen) atoms.